The molecule has 9 heteroatoms. The van der Waals surface area contributed by atoms with Crippen molar-refractivity contribution in [2.45, 2.75) is 38.9 Å². The van der Waals surface area contributed by atoms with Gasteiger partial charge in [0.1, 0.15) is 11.6 Å². The lowest BCUT2D eigenvalue weighted by molar-refractivity contribution is -0.113. The second kappa shape index (κ2) is 10.9. The molecule has 2 N–H and O–H groups in total. The Morgan fingerprint density at radius 2 is 1.88 bits per heavy atom. The molecule has 7 nitrogen and oxygen atoms in total. The van der Waals surface area contributed by atoms with Crippen LogP contribution in [0.4, 0.5) is 10.1 Å². The summed E-state index contributed by atoms with van der Waals surface area (Å²) in [5, 5.41) is 14.6. The van der Waals surface area contributed by atoms with Gasteiger partial charge in [-0.05, 0) is 56.2 Å². The molecule has 0 atom stereocenters. The lowest BCUT2D eigenvalue weighted by Gasteiger charge is -2.09. The Bertz CT molecular complexity index is 1120. The third kappa shape index (κ3) is 5.94. The highest BCUT2D eigenvalue weighted by atomic mass is 32.2. The first-order valence-corrected chi connectivity index (χ1v) is 11.3. The quantitative estimate of drug-likeness (QED) is 0.480. The van der Waals surface area contributed by atoms with Gasteiger partial charge in [0.15, 0.2) is 5.16 Å². The molecule has 0 fully saturated rings. The zero-order valence-electron chi connectivity index (χ0n) is 18.3. The number of halogens is 1. The fraction of sp³-hybridized carbons (Fsp3) is 0.304. The van der Waals surface area contributed by atoms with Crippen LogP contribution in [0.2, 0.25) is 0 Å². The molecule has 32 heavy (non-hydrogen) atoms. The summed E-state index contributed by atoms with van der Waals surface area (Å²) in [5.41, 5.74) is 3.07. The first kappa shape index (κ1) is 23.5. The number of aromatic nitrogens is 3. The first-order chi connectivity index (χ1) is 15.4. The molecule has 0 radical (unpaired) electrons. The van der Waals surface area contributed by atoms with E-state index in [2.05, 4.69) is 20.8 Å². The highest BCUT2D eigenvalue weighted by molar-refractivity contribution is 7.99. The fourth-order valence-electron chi connectivity index (χ4n) is 3.10. The Labute approximate surface area is 190 Å². The largest absolute Gasteiger partial charge is 0.351 e. The molecule has 0 aliphatic heterocycles. The highest BCUT2D eigenvalue weighted by Crippen LogP contribution is 2.19. The van der Waals surface area contributed by atoms with Crippen molar-refractivity contribution in [1.82, 2.24) is 20.1 Å². The van der Waals surface area contributed by atoms with E-state index >= 15 is 0 Å². The molecule has 0 aliphatic carbocycles. The van der Waals surface area contributed by atoms with Crippen molar-refractivity contribution in [2.75, 3.05) is 17.6 Å². The van der Waals surface area contributed by atoms with Crippen LogP contribution in [-0.2, 0) is 17.8 Å². The summed E-state index contributed by atoms with van der Waals surface area (Å²) in [4.78, 5) is 24.5. The number of aryl methyl sites for hydroxylation is 2. The van der Waals surface area contributed by atoms with E-state index < -0.39 is 11.7 Å². The molecule has 1 heterocycles. The van der Waals surface area contributed by atoms with E-state index in [1.165, 1.54) is 35.5 Å². The van der Waals surface area contributed by atoms with E-state index in [1.807, 2.05) is 43.5 Å². The number of anilines is 1. The number of thioether (sulfide) groups is 1. The van der Waals surface area contributed by atoms with E-state index in [1.54, 1.807) is 6.07 Å². The van der Waals surface area contributed by atoms with Crippen LogP contribution in [0.15, 0.2) is 47.6 Å². The molecular formula is C23H26FN5O2S. The van der Waals surface area contributed by atoms with Crippen molar-refractivity contribution >= 4 is 29.3 Å². The summed E-state index contributed by atoms with van der Waals surface area (Å²) < 4.78 is 15.6. The van der Waals surface area contributed by atoms with Gasteiger partial charge in [0, 0.05) is 25.2 Å². The summed E-state index contributed by atoms with van der Waals surface area (Å²) >= 11 is 1.31. The summed E-state index contributed by atoms with van der Waals surface area (Å²) in [7, 11) is 0. The molecule has 0 saturated carbocycles. The number of hydrogen-bond acceptors (Lipinski definition) is 5. The molecular weight excluding hydrogens is 429 g/mol. The zero-order chi connectivity index (χ0) is 23.1. The molecule has 1 aromatic heterocycles. The van der Waals surface area contributed by atoms with Gasteiger partial charge in [-0.1, -0.05) is 30.0 Å². The number of amides is 2. The van der Waals surface area contributed by atoms with Crippen molar-refractivity contribution < 1.29 is 14.0 Å². The minimum Gasteiger partial charge on any atom is -0.351 e. The Kier molecular flexibility index (Phi) is 7.99. The Balaban J connectivity index is 1.52. The van der Waals surface area contributed by atoms with Crippen molar-refractivity contribution in [3.63, 3.8) is 0 Å². The molecule has 0 bridgehead atoms. The third-order valence-corrected chi connectivity index (χ3v) is 5.95. The van der Waals surface area contributed by atoms with Crippen molar-refractivity contribution in [2.24, 2.45) is 0 Å². The number of carbonyl (C=O) groups excluding carboxylic acids is 2. The maximum absolute atomic E-state index is 13.7. The molecule has 3 aromatic rings. The molecule has 3 rings (SSSR count). The second-order valence-corrected chi connectivity index (χ2v) is 8.21. The monoisotopic (exact) mass is 455 g/mol. The van der Waals surface area contributed by atoms with Crippen LogP contribution < -0.4 is 10.6 Å². The zero-order valence-corrected chi connectivity index (χ0v) is 19.1. The predicted molar refractivity (Wildman–Crippen MR) is 123 cm³/mol. The van der Waals surface area contributed by atoms with Crippen LogP contribution in [0.5, 0.6) is 0 Å². The summed E-state index contributed by atoms with van der Waals surface area (Å²) in [6.45, 7) is 6.92. The number of nitrogens with zero attached hydrogens (tertiary/aromatic N) is 3. The first-order valence-electron chi connectivity index (χ1n) is 10.3. The van der Waals surface area contributed by atoms with E-state index in [9.17, 15) is 14.0 Å². The fourth-order valence-corrected chi connectivity index (χ4v) is 3.92. The lowest BCUT2D eigenvalue weighted by Crippen LogP contribution is -2.27. The van der Waals surface area contributed by atoms with Gasteiger partial charge in [-0.3, -0.25) is 9.59 Å². The predicted octanol–water partition coefficient (Wildman–Crippen LogP) is 3.76. The minimum atomic E-state index is -0.556. The standard InChI is InChI=1S/C23H26FN5O2S/c1-4-29-20(11-12-25-22(31)18-7-5-6-8-19(18)24)27-28-23(29)32-14-21(30)26-17-10-9-15(2)16(3)13-17/h5-10,13H,4,11-12,14H2,1-3H3,(H,25,31)(H,26,30). The van der Waals surface area contributed by atoms with E-state index in [0.29, 0.717) is 30.5 Å². The summed E-state index contributed by atoms with van der Waals surface area (Å²) in [6, 6.07) is 11.7. The Hall–Kier alpha value is -3.20. The number of rotatable bonds is 9. The van der Waals surface area contributed by atoms with Gasteiger partial charge < -0.3 is 15.2 Å². The molecule has 0 saturated heterocycles. The molecule has 168 valence electrons. The van der Waals surface area contributed by atoms with Crippen LogP contribution >= 0.6 is 11.8 Å². The number of hydrogen-bond donors (Lipinski definition) is 2. The minimum absolute atomic E-state index is 0.00971. The van der Waals surface area contributed by atoms with Gasteiger partial charge >= 0.3 is 0 Å². The number of benzene rings is 2. The summed E-state index contributed by atoms with van der Waals surface area (Å²) in [6.07, 6.45) is 0.441. The van der Waals surface area contributed by atoms with Gasteiger partial charge in [-0.25, -0.2) is 4.39 Å². The smallest absolute Gasteiger partial charge is 0.254 e. The van der Waals surface area contributed by atoms with Crippen LogP contribution in [0.3, 0.4) is 0 Å². The highest BCUT2D eigenvalue weighted by Gasteiger charge is 2.15. The van der Waals surface area contributed by atoms with Crippen molar-refractivity contribution in [3.05, 3.63) is 70.8 Å². The van der Waals surface area contributed by atoms with Gasteiger partial charge in [0.05, 0.1) is 11.3 Å². The van der Waals surface area contributed by atoms with Gasteiger partial charge in [-0.15, -0.1) is 10.2 Å². The summed E-state index contributed by atoms with van der Waals surface area (Å²) in [5.74, 6) is -0.251. The molecule has 0 aliphatic rings. The van der Waals surface area contributed by atoms with Crippen LogP contribution in [0.25, 0.3) is 0 Å². The third-order valence-electron chi connectivity index (χ3n) is 4.99. The molecule has 2 aromatic carbocycles. The van der Waals surface area contributed by atoms with Gasteiger partial charge in [0.25, 0.3) is 5.91 Å². The molecule has 0 spiro atoms. The van der Waals surface area contributed by atoms with Crippen LogP contribution in [0, 0.1) is 19.7 Å². The van der Waals surface area contributed by atoms with Gasteiger partial charge in [0.2, 0.25) is 5.91 Å². The average molecular weight is 456 g/mol. The van der Waals surface area contributed by atoms with Crippen LogP contribution in [-0.4, -0.2) is 38.9 Å². The van der Waals surface area contributed by atoms with Crippen LogP contribution in [0.1, 0.15) is 34.2 Å². The van der Waals surface area contributed by atoms with E-state index in [4.69, 9.17) is 0 Å². The Morgan fingerprint density at radius 1 is 1.09 bits per heavy atom. The number of carbonyl (C=O) groups is 2. The maximum Gasteiger partial charge on any atom is 0.254 e. The van der Waals surface area contributed by atoms with E-state index in [0.717, 1.165) is 11.3 Å². The van der Waals surface area contributed by atoms with Gasteiger partial charge in [-0.2, -0.15) is 0 Å². The second-order valence-electron chi connectivity index (χ2n) is 7.26. The SMILES string of the molecule is CCn1c(CCNC(=O)c2ccccc2F)nnc1SCC(=O)Nc1ccc(C)c(C)c1. The lowest BCUT2D eigenvalue weighted by atomic mass is 10.1. The van der Waals surface area contributed by atoms with E-state index in [-0.39, 0.29) is 17.2 Å². The maximum atomic E-state index is 13.7. The van der Waals surface area contributed by atoms with Crippen molar-refractivity contribution in [3.8, 4) is 0 Å². The number of nitrogens with one attached hydrogen (secondary N) is 2. The average Bonchev–Trinajstić information content (AvgIpc) is 3.17. The van der Waals surface area contributed by atoms with Crippen molar-refractivity contribution in [1.29, 1.82) is 0 Å². The molecule has 2 amide bonds. The Morgan fingerprint density at radius 3 is 2.59 bits per heavy atom. The normalized spacial score (nSPS) is 10.8. The topological polar surface area (TPSA) is 88.9 Å². The molecule has 0 unspecified atom stereocenters.